The molecule has 6 nitrogen and oxygen atoms in total. The third-order valence-electron chi connectivity index (χ3n) is 7.34. The zero-order chi connectivity index (χ0) is 31.9. The maximum absolute atomic E-state index is 6.69. The highest BCUT2D eigenvalue weighted by Crippen LogP contribution is 2.48. The fourth-order valence-corrected chi connectivity index (χ4v) is 7.68. The van der Waals surface area contributed by atoms with Gasteiger partial charge in [0.15, 0.2) is 0 Å². The summed E-state index contributed by atoms with van der Waals surface area (Å²) in [6.45, 7) is 12.1. The highest BCUT2D eigenvalue weighted by atomic mass is 31.2. The predicted octanol–water partition coefficient (Wildman–Crippen LogP) is 11.6. The van der Waals surface area contributed by atoms with Crippen molar-refractivity contribution in [2.45, 2.75) is 13.8 Å². The summed E-state index contributed by atoms with van der Waals surface area (Å²) in [4.78, 5) is 0. The van der Waals surface area contributed by atoms with Crippen LogP contribution in [0.4, 0.5) is 0 Å². The Bertz CT molecular complexity index is 2030. The van der Waals surface area contributed by atoms with Crippen LogP contribution in [0.2, 0.25) is 0 Å². The SMILES string of the molecule is C=C/C(OP(Oc1ccccc1)n1ccc2ccccc21)=C(C=C)/C(C)=C(/C)OP(Oc1ccccc1)n1ccc2ccccc21. The molecule has 0 aliphatic rings. The second-order valence-corrected chi connectivity index (χ2v) is 12.8. The Balaban J connectivity index is 1.36. The number of hydrogen-bond acceptors (Lipinski definition) is 4. The summed E-state index contributed by atoms with van der Waals surface area (Å²) in [6, 6.07) is 39.8. The highest BCUT2D eigenvalue weighted by Gasteiger charge is 2.25. The number of para-hydroxylation sites is 4. The average molecular weight is 645 g/mol. The van der Waals surface area contributed by atoms with E-state index in [9.17, 15) is 0 Å². The van der Waals surface area contributed by atoms with E-state index in [4.69, 9.17) is 18.1 Å². The van der Waals surface area contributed by atoms with Gasteiger partial charge in [0.1, 0.15) is 23.0 Å². The third-order valence-corrected chi connectivity index (χ3v) is 10.3. The van der Waals surface area contributed by atoms with E-state index in [1.807, 2.05) is 120 Å². The van der Waals surface area contributed by atoms with E-state index in [1.165, 1.54) is 0 Å². The monoisotopic (exact) mass is 644 g/mol. The van der Waals surface area contributed by atoms with Gasteiger partial charge in [0.25, 0.3) is 0 Å². The first kappa shape index (κ1) is 31.0. The van der Waals surface area contributed by atoms with Crippen LogP contribution in [0.15, 0.2) is 182 Å². The van der Waals surface area contributed by atoms with Crippen LogP contribution in [-0.2, 0) is 9.05 Å². The molecule has 0 amide bonds. The van der Waals surface area contributed by atoms with E-state index in [0.717, 1.165) is 33.0 Å². The molecule has 8 heteroatoms. The minimum atomic E-state index is -1.67. The minimum absolute atomic E-state index is 0.523. The lowest BCUT2D eigenvalue weighted by molar-refractivity contribution is 0.391. The molecule has 2 atom stereocenters. The number of allylic oxidation sites excluding steroid dienone is 5. The molecule has 6 rings (SSSR count). The van der Waals surface area contributed by atoms with Gasteiger partial charge in [0.2, 0.25) is 0 Å². The van der Waals surface area contributed by atoms with Gasteiger partial charge in [-0.05, 0) is 74.0 Å². The standard InChI is InChI=1S/C38H34N2O4P2/c1-5-35(38(6-2)44-46(43-34-21-11-8-12-22-34)40-28-26-32-18-14-16-24-37(32)40)29(3)30(4)41-45(42-33-19-9-7-10-20-33)39-27-25-31-17-13-15-23-36(31)39/h5-28H,1-2H2,3-4H3/b30-29-,38-35-. The van der Waals surface area contributed by atoms with Crippen LogP contribution >= 0.6 is 17.1 Å². The van der Waals surface area contributed by atoms with Crippen molar-refractivity contribution in [1.29, 1.82) is 0 Å². The van der Waals surface area contributed by atoms with Crippen molar-refractivity contribution < 1.29 is 18.1 Å². The van der Waals surface area contributed by atoms with Crippen LogP contribution in [0.5, 0.6) is 11.5 Å². The van der Waals surface area contributed by atoms with Crippen molar-refractivity contribution in [1.82, 2.24) is 8.68 Å². The molecule has 0 bridgehead atoms. The predicted molar refractivity (Wildman–Crippen MR) is 191 cm³/mol. The van der Waals surface area contributed by atoms with E-state index in [0.29, 0.717) is 23.0 Å². The first-order valence-electron chi connectivity index (χ1n) is 14.8. The number of fused-ring (bicyclic) bond motifs is 2. The second-order valence-electron chi connectivity index (χ2n) is 10.3. The first-order valence-corrected chi connectivity index (χ1v) is 17.0. The van der Waals surface area contributed by atoms with E-state index in [1.54, 1.807) is 12.2 Å². The van der Waals surface area contributed by atoms with Crippen LogP contribution in [0.1, 0.15) is 13.8 Å². The van der Waals surface area contributed by atoms with Crippen molar-refractivity contribution in [2.24, 2.45) is 0 Å². The van der Waals surface area contributed by atoms with Crippen LogP contribution in [0.25, 0.3) is 21.8 Å². The molecule has 0 radical (unpaired) electrons. The summed E-state index contributed by atoms with van der Waals surface area (Å²) < 4.78 is 30.4. The number of nitrogens with zero attached hydrogens (tertiary/aromatic N) is 2. The molecule has 2 aromatic heterocycles. The lowest BCUT2D eigenvalue weighted by Gasteiger charge is -2.23. The summed E-state index contributed by atoms with van der Waals surface area (Å²) in [5.74, 6) is 2.60. The van der Waals surface area contributed by atoms with Gasteiger partial charge in [-0.25, -0.2) is 0 Å². The molecule has 0 aliphatic heterocycles. The maximum Gasteiger partial charge on any atom is 0.421 e. The first-order chi connectivity index (χ1) is 22.6. The summed E-state index contributed by atoms with van der Waals surface area (Å²) in [6.07, 6.45) is 7.43. The molecule has 0 spiro atoms. The Hall–Kier alpha value is -5.02. The Labute approximate surface area is 272 Å². The molecule has 230 valence electrons. The van der Waals surface area contributed by atoms with Crippen molar-refractivity contribution in [3.63, 3.8) is 0 Å². The zero-order valence-corrected chi connectivity index (χ0v) is 27.5. The molecule has 2 heterocycles. The lowest BCUT2D eigenvalue weighted by Crippen LogP contribution is -2.05. The number of hydrogen-bond donors (Lipinski definition) is 0. The molecule has 0 saturated carbocycles. The normalized spacial score (nSPS) is 13.7. The molecule has 0 aliphatic carbocycles. The van der Waals surface area contributed by atoms with Crippen molar-refractivity contribution in [3.05, 3.63) is 182 Å². The van der Waals surface area contributed by atoms with Crippen molar-refractivity contribution in [3.8, 4) is 11.5 Å². The van der Waals surface area contributed by atoms with E-state index >= 15 is 0 Å². The van der Waals surface area contributed by atoms with E-state index in [2.05, 4.69) is 49.6 Å². The third kappa shape index (κ3) is 6.79. The summed E-state index contributed by atoms with van der Waals surface area (Å²) >= 11 is 0. The highest BCUT2D eigenvalue weighted by molar-refractivity contribution is 7.46. The Kier molecular flexibility index (Phi) is 9.69. The van der Waals surface area contributed by atoms with Gasteiger partial charge in [0.05, 0.1) is 11.0 Å². The van der Waals surface area contributed by atoms with Crippen LogP contribution in [-0.4, -0.2) is 8.68 Å². The van der Waals surface area contributed by atoms with Gasteiger partial charge in [-0.2, -0.15) is 0 Å². The second kappa shape index (κ2) is 14.4. The van der Waals surface area contributed by atoms with Crippen molar-refractivity contribution >= 4 is 38.9 Å². The Morgan fingerprint density at radius 2 is 1.02 bits per heavy atom. The van der Waals surface area contributed by atoms with E-state index in [-0.39, 0.29) is 0 Å². The lowest BCUT2D eigenvalue weighted by atomic mass is 10.1. The van der Waals surface area contributed by atoms with Gasteiger partial charge in [-0.1, -0.05) is 92.0 Å². The van der Waals surface area contributed by atoms with Crippen LogP contribution in [0.3, 0.4) is 0 Å². The van der Waals surface area contributed by atoms with Gasteiger partial charge in [-0.3, -0.25) is 8.68 Å². The van der Waals surface area contributed by atoms with Crippen LogP contribution in [0, 0.1) is 0 Å². The largest absolute Gasteiger partial charge is 0.427 e. The average Bonchev–Trinajstić information content (AvgIpc) is 3.73. The molecule has 0 saturated heterocycles. The van der Waals surface area contributed by atoms with Gasteiger partial charge in [-0.15, -0.1) is 0 Å². The zero-order valence-electron chi connectivity index (χ0n) is 25.7. The molecular weight excluding hydrogens is 610 g/mol. The number of benzene rings is 4. The fraction of sp³-hybridized carbons (Fsp3) is 0.0526. The van der Waals surface area contributed by atoms with Crippen molar-refractivity contribution in [2.75, 3.05) is 0 Å². The summed E-state index contributed by atoms with van der Waals surface area (Å²) in [5.41, 5.74) is 3.59. The number of rotatable bonds is 13. The van der Waals surface area contributed by atoms with Gasteiger partial charge in [0, 0.05) is 28.7 Å². The quantitative estimate of drug-likeness (QED) is 0.0713. The molecular formula is C38H34N2O4P2. The Morgan fingerprint density at radius 1 is 0.565 bits per heavy atom. The molecule has 46 heavy (non-hydrogen) atoms. The van der Waals surface area contributed by atoms with Crippen LogP contribution < -0.4 is 9.05 Å². The smallest absolute Gasteiger partial charge is 0.421 e. The molecule has 0 N–H and O–H groups in total. The molecule has 4 aromatic carbocycles. The molecule has 0 fully saturated rings. The Morgan fingerprint density at radius 3 is 1.50 bits per heavy atom. The fourth-order valence-electron chi connectivity index (χ4n) is 4.87. The molecule has 2 unspecified atom stereocenters. The number of aromatic nitrogens is 2. The molecule has 6 aromatic rings. The van der Waals surface area contributed by atoms with Gasteiger partial charge >= 0.3 is 17.1 Å². The summed E-state index contributed by atoms with van der Waals surface area (Å²) in [7, 11) is -3.28. The maximum atomic E-state index is 6.69. The summed E-state index contributed by atoms with van der Waals surface area (Å²) in [5, 5.41) is 2.19. The van der Waals surface area contributed by atoms with Gasteiger partial charge < -0.3 is 18.1 Å². The topological polar surface area (TPSA) is 46.8 Å². The van der Waals surface area contributed by atoms with E-state index < -0.39 is 17.1 Å². The minimum Gasteiger partial charge on any atom is -0.427 e.